The summed E-state index contributed by atoms with van der Waals surface area (Å²) in [6, 6.07) is 4.76. The number of carbonyl (C=O) groups excluding carboxylic acids is 1. The molecule has 0 unspecified atom stereocenters. The van der Waals surface area contributed by atoms with E-state index >= 15 is 0 Å². The van der Waals surface area contributed by atoms with Crippen LogP contribution in [0.15, 0.2) is 22.7 Å². The van der Waals surface area contributed by atoms with Crippen LogP contribution in [0.5, 0.6) is 5.75 Å². The predicted octanol–water partition coefficient (Wildman–Crippen LogP) is 2.84. The van der Waals surface area contributed by atoms with Gasteiger partial charge in [0, 0.05) is 11.4 Å². The van der Waals surface area contributed by atoms with Gasteiger partial charge in [0.1, 0.15) is 5.75 Å². The van der Waals surface area contributed by atoms with Gasteiger partial charge in [-0.3, -0.25) is 4.79 Å². The molecule has 0 aliphatic heterocycles. The Balaban J connectivity index is 2.81. The van der Waals surface area contributed by atoms with E-state index in [1.807, 2.05) is 0 Å². The van der Waals surface area contributed by atoms with Crippen LogP contribution in [0.2, 0.25) is 0 Å². The van der Waals surface area contributed by atoms with E-state index in [-0.39, 0.29) is 5.56 Å². The van der Waals surface area contributed by atoms with Crippen LogP contribution in [0.3, 0.4) is 0 Å². The summed E-state index contributed by atoms with van der Waals surface area (Å²) in [5, 5.41) is 2.16. The lowest BCUT2D eigenvalue weighted by atomic mass is 10.2. The first kappa shape index (κ1) is 13.9. The average molecular weight is 308 g/mol. The molecule has 1 aromatic carbocycles. The molecule has 1 amide bonds. The highest BCUT2D eigenvalue weighted by molar-refractivity contribution is 9.10. The van der Waals surface area contributed by atoms with Gasteiger partial charge in [0.15, 0.2) is 0 Å². The molecule has 0 atom stereocenters. The third-order valence-corrected chi connectivity index (χ3v) is 2.67. The first-order chi connectivity index (χ1) is 7.83. The Bertz CT molecular complexity index is 418. The monoisotopic (exact) mass is 307 g/mol. The number of hydrogen-bond acceptors (Lipinski definition) is 2. The number of hydrogen-bond donors (Lipinski definition) is 1. The lowest BCUT2D eigenvalue weighted by Crippen LogP contribution is -2.34. The highest BCUT2D eigenvalue weighted by atomic mass is 79.9. The van der Waals surface area contributed by atoms with Gasteiger partial charge in [-0.1, -0.05) is 0 Å². The van der Waals surface area contributed by atoms with E-state index in [1.54, 1.807) is 12.1 Å². The second kappa shape index (κ2) is 5.44. The molecule has 0 heterocycles. The van der Waals surface area contributed by atoms with Gasteiger partial charge >= 0.3 is 0 Å². The minimum Gasteiger partial charge on any atom is -0.497 e. The summed E-state index contributed by atoms with van der Waals surface area (Å²) in [5.41, 5.74) is 0.258. The van der Waals surface area contributed by atoms with Crippen molar-refractivity contribution in [1.29, 1.82) is 0 Å². The molecule has 17 heavy (non-hydrogen) atoms. The second-order valence-electron chi connectivity index (χ2n) is 3.60. The zero-order chi connectivity index (χ0) is 13.1. The highest BCUT2D eigenvalue weighted by Gasteiger charge is 2.22. The van der Waals surface area contributed by atoms with Crippen molar-refractivity contribution in [2.45, 2.75) is 12.8 Å². The number of halogens is 3. The zero-order valence-corrected chi connectivity index (χ0v) is 11.0. The Morgan fingerprint density at radius 2 is 2.18 bits per heavy atom. The molecule has 0 saturated heterocycles. The average Bonchev–Trinajstić information content (AvgIpc) is 2.25. The Labute approximate surface area is 106 Å². The first-order valence-corrected chi connectivity index (χ1v) is 5.62. The van der Waals surface area contributed by atoms with Crippen LogP contribution in [-0.2, 0) is 0 Å². The van der Waals surface area contributed by atoms with Crippen LogP contribution in [0.1, 0.15) is 17.3 Å². The summed E-state index contributed by atoms with van der Waals surface area (Å²) in [5.74, 6) is -3.01. The first-order valence-electron chi connectivity index (χ1n) is 4.83. The largest absolute Gasteiger partial charge is 0.497 e. The Morgan fingerprint density at radius 3 is 2.71 bits per heavy atom. The molecule has 0 fully saturated rings. The van der Waals surface area contributed by atoms with Gasteiger partial charge in [0.25, 0.3) is 11.8 Å². The van der Waals surface area contributed by atoms with Gasteiger partial charge in [-0.15, -0.1) is 0 Å². The van der Waals surface area contributed by atoms with Crippen molar-refractivity contribution in [1.82, 2.24) is 5.32 Å². The number of benzene rings is 1. The summed E-state index contributed by atoms with van der Waals surface area (Å²) in [6.45, 7) is 0.0450. The molecule has 3 nitrogen and oxygen atoms in total. The number of methoxy groups -OCH3 is 1. The number of ether oxygens (including phenoxy) is 1. The van der Waals surface area contributed by atoms with Crippen molar-refractivity contribution >= 4 is 21.8 Å². The molecule has 0 aliphatic carbocycles. The van der Waals surface area contributed by atoms with Crippen molar-refractivity contribution in [3.8, 4) is 5.75 Å². The fourth-order valence-corrected chi connectivity index (χ4v) is 1.56. The van der Waals surface area contributed by atoms with Crippen LogP contribution >= 0.6 is 15.9 Å². The van der Waals surface area contributed by atoms with E-state index in [4.69, 9.17) is 4.74 Å². The summed E-state index contributed by atoms with van der Waals surface area (Å²) >= 11 is 3.18. The summed E-state index contributed by atoms with van der Waals surface area (Å²) < 4.78 is 30.7. The van der Waals surface area contributed by atoms with Crippen molar-refractivity contribution in [2.75, 3.05) is 13.7 Å². The Hall–Kier alpha value is -1.17. The number of nitrogens with one attached hydrogen (secondary N) is 1. The summed E-state index contributed by atoms with van der Waals surface area (Å²) in [7, 11) is 1.46. The van der Waals surface area contributed by atoms with E-state index in [0.29, 0.717) is 10.2 Å². The molecule has 1 N–H and O–H groups in total. The van der Waals surface area contributed by atoms with Crippen LogP contribution < -0.4 is 10.1 Å². The standard InChI is InChI=1S/C11H12BrF2NO2/c1-11(13,14)6-15-10(16)8-5-7(17-2)3-4-9(8)12/h3-5H,6H2,1-2H3,(H,15,16). The normalized spacial score (nSPS) is 11.1. The lowest BCUT2D eigenvalue weighted by molar-refractivity contribution is 0.0221. The number of carbonyl (C=O) groups is 1. The smallest absolute Gasteiger partial charge is 0.262 e. The minimum absolute atomic E-state index is 0.258. The fourth-order valence-electron chi connectivity index (χ4n) is 1.14. The SMILES string of the molecule is COc1ccc(Br)c(C(=O)NCC(C)(F)F)c1. The van der Waals surface area contributed by atoms with Crippen molar-refractivity contribution < 1.29 is 18.3 Å². The molecule has 6 heteroatoms. The van der Waals surface area contributed by atoms with Crippen LogP contribution in [0, 0.1) is 0 Å². The predicted molar refractivity (Wildman–Crippen MR) is 63.6 cm³/mol. The van der Waals surface area contributed by atoms with Gasteiger partial charge in [-0.25, -0.2) is 8.78 Å². The quantitative estimate of drug-likeness (QED) is 0.929. The minimum atomic E-state index is -2.93. The molecule has 1 rings (SSSR count). The van der Waals surface area contributed by atoms with Crippen LogP contribution in [0.25, 0.3) is 0 Å². The molecule has 0 aliphatic rings. The van der Waals surface area contributed by atoms with E-state index in [9.17, 15) is 13.6 Å². The van der Waals surface area contributed by atoms with Gasteiger partial charge in [0.05, 0.1) is 19.2 Å². The summed E-state index contributed by atoms with van der Waals surface area (Å²) in [4.78, 5) is 11.7. The molecule has 1 aromatic rings. The van der Waals surface area contributed by atoms with Gasteiger partial charge in [-0.2, -0.15) is 0 Å². The van der Waals surface area contributed by atoms with Gasteiger partial charge in [-0.05, 0) is 34.1 Å². The van der Waals surface area contributed by atoms with Crippen molar-refractivity contribution in [2.24, 2.45) is 0 Å². The maximum Gasteiger partial charge on any atom is 0.262 e. The fraction of sp³-hybridized carbons (Fsp3) is 0.364. The molecule has 0 spiro atoms. The van der Waals surface area contributed by atoms with Crippen LogP contribution in [-0.4, -0.2) is 25.5 Å². The maximum atomic E-state index is 12.6. The number of rotatable bonds is 4. The number of alkyl halides is 2. The van der Waals surface area contributed by atoms with Gasteiger partial charge < -0.3 is 10.1 Å². The molecular formula is C11H12BrF2NO2. The van der Waals surface area contributed by atoms with E-state index < -0.39 is 18.4 Å². The zero-order valence-electron chi connectivity index (χ0n) is 9.39. The van der Waals surface area contributed by atoms with E-state index in [0.717, 1.165) is 6.92 Å². The van der Waals surface area contributed by atoms with Crippen molar-refractivity contribution in [3.05, 3.63) is 28.2 Å². The van der Waals surface area contributed by atoms with Gasteiger partial charge in [0.2, 0.25) is 0 Å². The molecule has 0 radical (unpaired) electrons. The molecule has 94 valence electrons. The maximum absolute atomic E-state index is 12.6. The summed E-state index contributed by atoms with van der Waals surface area (Å²) in [6.07, 6.45) is 0. The molecular weight excluding hydrogens is 296 g/mol. The molecule has 0 aromatic heterocycles. The second-order valence-corrected chi connectivity index (χ2v) is 4.45. The Kier molecular flexibility index (Phi) is 4.45. The highest BCUT2D eigenvalue weighted by Crippen LogP contribution is 2.22. The topological polar surface area (TPSA) is 38.3 Å². The van der Waals surface area contributed by atoms with E-state index in [2.05, 4.69) is 21.2 Å². The van der Waals surface area contributed by atoms with Crippen LogP contribution in [0.4, 0.5) is 8.78 Å². The molecule has 0 saturated carbocycles. The van der Waals surface area contributed by atoms with Crippen molar-refractivity contribution in [3.63, 3.8) is 0 Å². The number of amides is 1. The Morgan fingerprint density at radius 1 is 1.53 bits per heavy atom. The lowest BCUT2D eigenvalue weighted by Gasteiger charge is -2.12. The third-order valence-electron chi connectivity index (χ3n) is 1.98. The molecule has 0 bridgehead atoms. The third kappa shape index (κ3) is 4.30. The van der Waals surface area contributed by atoms with E-state index in [1.165, 1.54) is 13.2 Å².